The second-order valence-corrected chi connectivity index (χ2v) is 11.5. The molecule has 11 heteroatoms. The number of piperidine rings is 1. The Morgan fingerprint density at radius 2 is 1.95 bits per heavy atom. The molecule has 0 spiro atoms. The molecule has 10 nitrogen and oxygen atoms in total. The molecule has 1 fully saturated rings. The summed E-state index contributed by atoms with van der Waals surface area (Å²) >= 11 is 1.43. The zero-order valence-corrected chi connectivity index (χ0v) is 24.4. The zero-order valence-electron chi connectivity index (χ0n) is 23.6. The van der Waals surface area contributed by atoms with E-state index in [2.05, 4.69) is 29.5 Å². The van der Waals surface area contributed by atoms with Crippen LogP contribution in [0.4, 0.5) is 0 Å². The fraction of sp³-hybridized carbons (Fsp3) is 0.400. The summed E-state index contributed by atoms with van der Waals surface area (Å²) < 4.78 is 17.4. The third-order valence-corrected chi connectivity index (χ3v) is 8.59. The van der Waals surface area contributed by atoms with Crippen LogP contribution in [-0.2, 0) is 11.3 Å². The van der Waals surface area contributed by atoms with E-state index in [0.717, 1.165) is 16.3 Å². The number of benzene rings is 2. The Bertz CT molecular complexity index is 1440. The van der Waals surface area contributed by atoms with Gasteiger partial charge in [0.1, 0.15) is 16.7 Å². The number of fused-ring (bicyclic) bond motifs is 7. The Kier molecular flexibility index (Phi) is 8.44. The maximum absolute atomic E-state index is 13.6. The second kappa shape index (κ2) is 12.2. The number of aryl methyl sites for hydroxylation is 1. The number of methoxy groups -OCH3 is 1. The summed E-state index contributed by atoms with van der Waals surface area (Å²) in [6.45, 7) is 6.83. The average Bonchev–Trinajstić information content (AvgIpc) is 3.37. The summed E-state index contributed by atoms with van der Waals surface area (Å²) in [5.41, 5.74) is 1.95. The second-order valence-electron chi connectivity index (χ2n) is 10.5. The van der Waals surface area contributed by atoms with E-state index >= 15 is 0 Å². The fourth-order valence-corrected chi connectivity index (χ4v) is 5.88. The summed E-state index contributed by atoms with van der Waals surface area (Å²) in [7, 11) is 1.49. The van der Waals surface area contributed by atoms with Gasteiger partial charge in [0.05, 0.1) is 23.9 Å². The lowest BCUT2D eigenvalue weighted by Gasteiger charge is -2.38. The Morgan fingerprint density at radius 3 is 2.66 bits per heavy atom. The van der Waals surface area contributed by atoms with Crippen LogP contribution in [-0.4, -0.2) is 66.6 Å². The lowest BCUT2D eigenvalue weighted by atomic mass is 10.0. The Morgan fingerprint density at radius 1 is 1.17 bits per heavy atom. The molecule has 0 aliphatic carbocycles. The molecule has 0 saturated carbocycles. The fourth-order valence-electron chi connectivity index (χ4n) is 4.84. The molecule has 6 rings (SSSR count). The van der Waals surface area contributed by atoms with Gasteiger partial charge >= 0.3 is 0 Å². The molecule has 2 atom stereocenters. The van der Waals surface area contributed by atoms with Crippen molar-refractivity contribution in [1.29, 1.82) is 0 Å². The van der Waals surface area contributed by atoms with Gasteiger partial charge in [-0.05, 0) is 42.8 Å². The lowest BCUT2D eigenvalue weighted by Crippen LogP contribution is -2.58. The molecular formula is C30H34N4O6S. The minimum atomic E-state index is -0.483. The Hall–Kier alpha value is -4.12. The number of nitrogens with one attached hydrogen (secondary N) is 2. The number of likely N-dealkylation sites (tertiary alicyclic amines) is 1. The van der Waals surface area contributed by atoms with E-state index in [-0.39, 0.29) is 48.6 Å². The van der Waals surface area contributed by atoms with Crippen molar-refractivity contribution >= 4 is 29.1 Å². The highest BCUT2D eigenvalue weighted by molar-refractivity contribution is 7.13. The minimum absolute atomic E-state index is 0.0929. The first-order valence-corrected chi connectivity index (χ1v) is 14.4. The predicted molar refractivity (Wildman–Crippen MR) is 154 cm³/mol. The topological polar surface area (TPSA) is 119 Å². The van der Waals surface area contributed by atoms with Crippen LogP contribution in [0.5, 0.6) is 17.2 Å². The van der Waals surface area contributed by atoms with E-state index in [1.165, 1.54) is 18.4 Å². The standard InChI is InChI=1S/C30H34N4O6S/c1-17(2)29-32-18(3)27(41-29)30(37)34-12-11-23-22(15-34)33-28(36)20-7-10-24(38-4)25(13-20)39-16-26(35)31-14-19-5-8-21(40-23)9-6-19/h5-10,13,17,22-23H,11-12,14-16H2,1-4H3,(H,31,35)(H,33,36)/t22-,23+/m0/s1. The Labute approximate surface area is 243 Å². The maximum atomic E-state index is 13.6. The summed E-state index contributed by atoms with van der Waals surface area (Å²) in [6, 6.07) is 11.8. The first-order chi connectivity index (χ1) is 19.7. The van der Waals surface area contributed by atoms with Crippen molar-refractivity contribution in [2.24, 2.45) is 0 Å². The van der Waals surface area contributed by atoms with Crippen molar-refractivity contribution in [1.82, 2.24) is 20.5 Å². The summed E-state index contributed by atoms with van der Waals surface area (Å²) in [4.78, 5) is 46.5. The number of nitrogens with zero attached hydrogens (tertiary/aromatic N) is 2. The highest BCUT2D eigenvalue weighted by Gasteiger charge is 2.36. The van der Waals surface area contributed by atoms with Gasteiger partial charge in [0, 0.05) is 37.5 Å². The quantitative estimate of drug-likeness (QED) is 0.487. The highest BCUT2D eigenvalue weighted by atomic mass is 32.1. The predicted octanol–water partition coefficient (Wildman–Crippen LogP) is 3.68. The smallest absolute Gasteiger partial charge is 0.265 e. The molecule has 3 amide bonds. The average molecular weight is 579 g/mol. The van der Waals surface area contributed by atoms with Gasteiger partial charge in [0.15, 0.2) is 18.1 Å². The van der Waals surface area contributed by atoms with E-state index < -0.39 is 6.04 Å². The number of carbonyl (C=O) groups excluding carboxylic acids is 3. The zero-order chi connectivity index (χ0) is 29.1. The monoisotopic (exact) mass is 578 g/mol. The van der Waals surface area contributed by atoms with Crippen LogP contribution in [0.15, 0.2) is 42.5 Å². The van der Waals surface area contributed by atoms with Crippen LogP contribution in [0.3, 0.4) is 0 Å². The molecule has 0 unspecified atom stereocenters. The first kappa shape index (κ1) is 28.4. The minimum Gasteiger partial charge on any atom is -0.493 e. The number of hydrogen-bond acceptors (Lipinski definition) is 8. The van der Waals surface area contributed by atoms with E-state index in [0.29, 0.717) is 41.4 Å². The number of rotatable bonds is 3. The van der Waals surface area contributed by atoms with Crippen LogP contribution in [0.2, 0.25) is 0 Å². The van der Waals surface area contributed by atoms with E-state index in [4.69, 9.17) is 14.2 Å². The largest absolute Gasteiger partial charge is 0.493 e. The van der Waals surface area contributed by atoms with E-state index in [9.17, 15) is 14.4 Å². The number of hydrogen-bond donors (Lipinski definition) is 2. The van der Waals surface area contributed by atoms with E-state index in [1.54, 1.807) is 23.1 Å². The molecule has 3 aromatic rings. The molecule has 4 bridgehead atoms. The molecule has 0 radical (unpaired) electrons. The van der Waals surface area contributed by atoms with Gasteiger partial charge < -0.3 is 29.7 Å². The van der Waals surface area contributed by atoms with Crippen LogP contribution < -0.4 is 24.8 Å². The summed E-state index contributed by atoms with van der Waals surface area (Å²) in [5, 5.41) is 6.84. The van der Waals surface area contributed by atoms with Gasteiger partial charge in [-0.15, -0.1) is 11.3 Å². The third kappa shape index (κ3) is 6.45. The van der Waals surface area contributed by atoms with Gasteiger partial charge in [-0.25, -0.2) is 4.98 Å². The molecular weight excluding hydrogens is 544 g/mol. The van der Waals surface area contributed by atoms with Gasteiger partial charge in [-0.1, -0.05) is 26.0 Å². The van der Waals surface area contributed by atoms with Crippen LogP contribution >= 0.6 is 11.3 Å². The third-order valence-electron chi connectivity index (χ3n) is 7.14. The summed E-state index contributed by atoms with van der Waals surface area (Å²) in [5.74, 6) is 0.796. The van der Waals surface area contributed by atoms with Crippen LogP contribution in [0, 0.1) is 6.92 Å². The number of ether oxygens (including phenoxy) is 3. The van der Waals surface area contributed by atoms with Gasteiger partial charge in [-0.2, -0.15) is 0 Å². The maximum Gasteiger partial charge on any atom is 0.265 e. The molecule has 1 saturated heterocycles. The van der Waals surface area contributed by atoms with Gasteiger partial charge in [0.25, 0.3) is 17.7 Å². The van der Waals surface area contributed by atoms with Crippen molar-refractivity contribution in [3.8, 4) is 17.2 Å². The van der Waals surface area contributed by atoms with Crippen LogP contribution in [0.1, 0.15) is 62.5 Å². The number of aromatic nitrogens is 1. The number of amides is 3. The van der Waals surface area contributed by atoms with Crippen LogP contribution in [0.25, 0.3) is 0 Å². The molecule has 2 aromatic carbocycles. The van der Waals surface area contributed by atoms with Crippen molar-refractivity contribution in [2.45, 2.75) is 51.8 Å². The molecule has 1 aromatic heterocycles. The van der Waals surface area contributed by atoms with Crippen molar-refractivity contribution in [3.05, 3.63) is 69.2 Å². The van der Waals surface area contributed by atoms with Crippen molar-refractivity contribution in [3.63, 3.8) is 0 Å². The first-order valence-electron chi connectivity index (χ1n) is 13.6. The molecule has 3 aliphatic rings. The summed E-state index contributed by atoms with van der Waals surface area (Å²) in [6.07, 6.45) is 0.160. The Balaban J connectivity index is 1.44. The van der Waals surface area contributed by atoms with Crippen molar-refractivity contribution < 1.29 is 28.6 Å². The lowest BCUT2D eigenvalue weighted by molar-refractivity contribution is -0.123. The number of thiazole rings is 1. The normalized spacial score (nSPS) is 19.4. The molecule has 2 N–H and O–H groups in total. The van der Waals surface area contributed by atoms with Gasteiger partial charge in [0.2, 0.25) is 0 Å². The molecule has 4 heterocycles. The highest BCUT2D eigenvalue weighted by Crippen LogP contribution is 2.30. The SMILES string of the molecule is COc1ccc2cc1OCC(=O)NCc1ccc(cc1)O[C@@H]1CCN(C(=O)c3sc(C(C)C)nc3C)C[C@@H]1NC2=O. The van der Waals surface area contributed by atoms with Crippen molar-refractivity contribution in [2.75, 3.05) is 26.8 Å². The molecule has 3 aliphatic heterocycles. The van der Waals surface area contributed by atoms with E-state index in [1.807, 2.05) is 31.2 Å². The number of carbonyl (C=O) groups is 3. The van der Waals surface area contributed by atoms with Gasteiger partial charge in [-0.3, -0.25) is 14.4 Å². The molecule has 41 heavy (non-hydrogen) atoms. The molecule has 216 valence electrons.